The third kappa shape index (κ3) is 4.39. The largest absolute Gasteiger partial charge is 0.586 e. The van der Waals surface area contributed by atoms with Gasteiger partial charge in [-0.2, -0.15) is 0 Å². The average Bonchev–Trinajstić information content (AvgIpc) is 3.15. The van der Waals surface area contributed by atoms with Crippen LogP contribution in [-0.2, 0) is 6.54 Å². The predicted molar refractivity (Wildman–Crippen MR) is 117 cm³/mol. The molecule has 8 nitrogen and oxygen atoms in total. The minimum absolute atomic E-state index is 0.00949. The molecule has 160 valence electrons. The van der Waals surface area contributed by atoms with Crippen LogP contribution in [0.5, 0.6) is 11.5 Å². The topological polar surface area (TPSA) is 100 Å². The maximum absolute atomic E-state index is 13.4. The molecule has 3 heterocycles. The first-order chi connectivity index (χ1) is 14.2. The Labute approximate surface area is 189 Å². The highest BCUT2D eigenvalue weighted by atomic mass is 127. The SMILES string of the molecule is CC(C)CNCCn1c(Sc2cc3c(cc2I)OC(F)(F)O3)nc2c(N)ncnc21. The zero-order valence-electron chi connectivity index (χ0n) is 16.2. The fourth-order valence-electron chi connectivity index (χ4n) is 2.92. The van der Waals surface area contributed by atoms with Gasteiger partial charge in [0.15, 0.2) is 33.6 Å². The molecule has 0 unspecified atom stereocenters. The molecule has 1 aliphatic rings. The van der Waals surface area contributed by atoms with Gasteiger partial charge in [-0.15, -0.1) is 8.78 Å². The van der Waals surface area contributed by atoms with Crippen molar-refractivity contribution >= 4 is 51.3 Å². The number of fused-ring (bicyclic) bond motifs is 2. The molecule has 1 aromatic carbocycles. The van der Waals surface area contributed by atoms with E-state index in [2.05, 4.69) is 66.2 Å². The number of alkyl halides is 2. The van der Waals surface area contributed by atoms with E-state index in [9.17, 15) is 8.78 Å². The van der Waals surface area contributed by atoms with Crippen molar-refractivity contribution in [3.63, 3.8) is 0 Å². The number of anilines is 1. The van der Waals surface area contributed by atoms with Gasteiger partial charge < -0.3 is 25.1 Å². The van der Waals surface area contributed by atoms with Gasteiger partial charge in [0.2, 0.25) is 0 Å². The number of ether oxygens (including phenoxy) is 2. The number of benzene rings is 1. The van der Waals surface area contributed by atoms with Crippen molar-refractivity contribution in [1.82, 2.24) is 24.8 Å². The number of nitrogen functional groups attached to an aromatic ring is 1. The van der Waals surface area contributed by atoms with Gasteiger partial charge in [-0.05, 0) is 47.2 Å². The van der Waals surface area contributed by atoms with Gasteiger partial charge in [-0.1, -0.05) is 25.6 Å². The summed E-state index contributed by atoms with van der Waals surface area (Å²) in [4.78, 5) is 13.7. The molecule has 3 N–H and O–H groups in total. The Morgan fingerprint density at radius 2 is 2.00 bits per heavy atom. The van der Waals surface area contributed by atoms with Gasteiger partial charge in [0.25, 0.3) is 0 Å². The zero-order chi connectivity index (χ0) is 21.5. The molecule has 12 heteroatoms. The maximum Gasteiger partial charge on any atom is 0.586 e. The van der Waals surface area contributed by atoms with Crippen LogP contribution in [0.15, 0.2) is 28.5 Å². The second-order valence-corrected chi connectivity index (χ2v) is 9.25. The molecule has 0 bridgehead atoms. The first-order valence-corrected chi connectivity index (χ1v) is 11.1. The van der Waals surface area contributed by atoms with E-state index in [-0.39, 0.29) is 17.3 Å². The summed E-state index contributed by atoms with van der Waals surface area (Å²) in [5.74, 6) is 0.819. The number of nitrogens with one attached hydrogen (secondary N) is 1. The second kappa shape index (κ2) is 8.30. The average molecular weight is 548 g/mol. The van der Waals surface area contributed by atoms with E-state index in [0.29, 0.717) is 40.2 Å². The predicted octanol–water partition coefficient (Wildman–Crippen LogP) is 3.73. The molecular formula is C18H19F2IN6O2S. The second-order valence-electron chi connectivity index (χ2n) is 7.07. The number of nitrogens with zero attached hydrogens (tertiary/aromatic N) is 4. The Hall–Kier alpha value is -1.93. The van der Waals surface area contributed by atoms with Crippen LogP contribution < -0.4 is 20.5 Å². The minimum Gasteiger partial charge on any atom is -0.395 e. The first-order valence-electron chi connectivity index (χ1n) is 9.18. The Balaban J connectivity index is 1.66. The lowest BCUT2D eigenvalue weighted by Gasteiger charge is -2.11. The van der Waals surface area contributed by atoms with Gasteiger partial charge in [-0.3, -0.25) is 0 Å². The molecule has 0 radical (unpaired) electrons. The normalized spacial score (nSPS) is 14.7. The van der Waals surface area contributed by atoms with Gasteiger partial charge >= 0.3 is 6.29 Å². The fraction of sp³-hybridized carbons (Fsp3) is 0.389. The standard InChI is InChI=1S/C18H19F2IN6O2S/c1-9(2)7-23-3-4-27-16-14(15(22)24-8-25-16)26-17(27)30-13-6-12-11(5-10(13)21)28-18(19,20)29-12/h5-6,8-9,23H,3-4,7H2,1-2H3,(H2,22,24,25). The quantitative estimate of drug-likeness (QED) is 0.341. The summed E-state index contributed by atoms with van der Waals surface area (Å²) >= 11 is 3.39. The molecule has 1 aliphatic heterocycles. The molecule has 3 aromatic rings. The summed E-state index contributed by atoms with van der Waals surface area (Å²) < 4.78 is 38.6. The van der Waals surface area contributed by atoms with E-state index in [1.54, 1.807) is 0 Å². The highest BCUT2D eigenvalue weighted by Gasteiger charge is 2.43. The van der Waals surface area contributed by atoms with E-state index in [4.69, 9.17) is 5.73 Å². The number of nitrogens with two attached hydrogens (primary N) is 1. The summed E-state index contributed by atoms with van der Waals surface area (Å²) in [6, 6.07) is 3.04. The summed E-state index contributed by atoms with van der Waals surface area (Å²) in [5, 5.41) is 4.03. The molecule has 0 spiro atoms. The zero-order valence-corrected chi connectivity index (χ0v) is 19.1. The Bertz CT molecular complexity index is 1090. The van der Waals surface area contributed by atoms with Crippen molar-refractivity contribution in [3.8, 4) is 11.5 Å². The number of halogens is 3. The number of rotatable bonds is 7. The third-order valence-corrected chi connectivity index (χ3v) is 6.56. The van der Waals surface area contributed by atoms with Crippen LogP contribution >= 0.6 is 34.4 Å². The van der Waals surface area contributed by atoms with E-state index >= 15 is 0 Å². The number of aromatic nitrogens is 4. The fourth-order valence-corrected chi connectivity index (χ4v) is 4.64. The number of imidazole rings is 1. The number of hydrogen-bond acceptors (Lipinski definition) is 8. The molecule has 0 aliphatic carbocycles. The van der Waals surface area contributed by atoms with Crippen molar-refractivity contribution in [3.05, 3.63) is 22.0 Å². The molecule has 0 atom stereocenters. The lowest BCUT2D eigenvalue weighted by Crippen LogP contribution is -2.25. The van der Waals surface area contributed by atoms with E-state index in [1.165, 1.54) is 30.2 Å². The smallest absolute Gasteiger partial charge is 0.395 e. The van der Waals surface area contributed by atoms with Gasteiger partial charge in [-0.25, -0.2) is 15.0 Å². The van der Waals surface area contributed by atoms with Gasteiger partial charge in [0.1, 0.15) is 6.33 Å². The Kier molecular flexibility index (Phi) is 5.90. The van der Waals surface area contributed by atoms with Crippen molar-refractivity contribution in [2.45, 2.75) is 36.7 Å². The molecule has 4 rings (SSSR count). The summed E-state index contributed by atoms with van der Waals surface area (Å²) in [6.45, 7) is 6.49. The highest BCUT2D eigenvalue weighted by molar-refractivity contribution is 14.1. The van der Waals surface area contributed by atoms with Crippen LogP contribution in [-0.4, -0.2) is 38.9 Å². The third-order valence-electron chi connectivity index (χ3n) is 4.25. The first kappa shape index (κ1) is 21.3. The van der Waals surface area contributed by atoms with Crippen LogP contribution in [0.3, 0.4) is 0 Å². The van der Waals surface area contributed by atoms with Crippen LogP contribution in [0, 0.1) is 9.49 Å². The van der Waals surface area contributed by atoms with Crippen molar-refractivity contribution in [1.29, 1.82) is 0 Å². The molecule has 30 heavy (non-hydrogen) atoms. The molecular weight excluding hydrogens is 529 g/mol. The molecule has 0 fully saturated rings. The van der Waals surface area contributed by atoms with E-state index in [1.807, 2.05) is 4.57 Å². The lowest BCUT2D eigenvalue weighted by molar-refractivity contribution is -0.286. The van der Waals surface area contributed by atoms with Crippen molar-refractivity contribution < 1.29 is 18.3 Å². The highest BCUT2D eigenvalue weighted by Crippen LogP contribution is 2.46. The monoisotopic (exact) mass is 548 g/mol. The summed E-state index contributed by atoms with van der Waals surface area (Å²) in [5.41, 5.74) is 7.12. The molecule has 0 amide bonds. The lowest BCUT2D eigenvalue weighted by atomic mass is 10.2. The number of hydrogen-bond donors (Lipinski definition) is 2. The minimum atomic E-state index is -3.66. The molecule has 0 saturated heterocycles. The van der Waals surface area contributed by atoms with Crippen LogP contribution in [0.2, 0.25) is 0 Å². The van der Waals surface area contributed by atoms with E-state index < -0.39 is 6.29 Å². The summed E-state index contributed by atoms with van der Waals surface area (Å²) in [6.07, 6.45) is -2.26. The van der Waals surface area contributed by atoms with Crippen LogP contribution in [0.4, 0.5) is 14.6 Å². The van der Waals surface area contributed by atoms with Gasteiger partial charge in [0.05, 0.1) is 0 Å². The van der Waals surface area contributed by atoms with E-state index in [0.717, 1.165) is 10.1 Å². The Morgan fingerprint density at radius 1 is 1.27 bits per heavy atom. The van der Waals surface area contributed by atoms with Crippen LogP contribution in [0.1, 0.15) is 13.8 Å². The van der Waals surface area contributed by atoms with Gasteiger partial charge in [0, 0.05) is 21.6 Å². The van der Waals surface area contributed by atoms with Crippen molar-refractivity contribution in [2.75, 3.05) is 18.8 Å². The Morgan fingerprint density at radius 3 is 2.73 bits per heavy atom. The molecule has 2 aromatic heterocycles. The maximum atomic E-state index is 13.4. The van der Waals surface area contributed by atoms with Crippen molar-refractivity contribution in [2.24, 2.45) is 5.92 Å². The molecule has 0 saturated carbocycles. The summed E-state index contributed by atoms with van der Waals surface area (Å²) in [7, 11) is 0. The van der Waals surface area contributed by atoms with Crippen LogP contribution in [0.25, 0.3) is 11.2 Å².